The molecule has 0 aliphatic carbocycles. The summed E-state index contributed by atoms with van der Waals surface area (Å²) in [6.45, 7) is 1.95. The average molecular weight is 186 g/mol. The molecule has 0 bridgehead atoms. The third kappa shape index (κ3) is 1.71. The number of rotatable bonds is 1. The molecule has 0 saturated carbocycles. The van der Waals surface area contributed by atoms with Crippen LogP contribution in [0.3, 0.4) is 0 Å². The summed E-state index contributed by atoms with van der Waals surface area (Å²) in [5.74, 6) is 0.927. The van der Waals surface area contributed by atoms with Gasteiger partial charge in [-0.25, -0.2) is 9.97 Å². The molecule has 2 aromatic rings. The van der Waals surface area contributed by atoms with Gasteiger partial charge in [-0.2, -0.15) is 0 Å². The van der Waals surface area contributed by atoms with Gasteiger partial charge in [-0.1, -0.05) is 0 Å². The molecule has 3 nitrogen and oxygen atoms in total. The lowest BCUT2D eigenvalue weighted by atomic mass is 10.2. The van der Waals surface area contributed by atoms with Crippen molar-refractivity contribution in [2.75, 3.05) is 0 Å². The smallest absolute Gasteiger partial charge is 0.159 e. The molecule has 3 heteroatoms. The Bertz CT molecular complexity index is 377. The summed E-state index contributed by atoms with van der Waals surface area (Å²) in [4.78, 5) is 8.37. The van der Waals surface area contributed by atoms with E-state index in [9.17, 15) is 0 Å². The van der Waals surface area contributed by atoms with E-state index in [-0.39, 0.29) is 5.75 Å². The molecule has 0 aliphatic heterocycles. The number of nitrogens with zero attached hydrogens (tertiary/aromatic N) is 2. The highest BCUT2D eigenvalue weighted by atomic mass is 16.3. The fourth-order valence-corrected chi connectivity index (χ4v) is 1.15. The Labute approximate surface area is 82.1 Å². The van der Waals surface area contributed by atoms with E-state index in [4.69, 9.17) is 5.11 Å². The van der Waals surface area contributed by atoms with E-state index in [1.165, 1.54) is 0 Å². The maximum Gasteiger partial charge on any atom is 0.159 e. The van der Waals surface area contributed by atoms with Crippen LogP contribution in [0.15, 0.2) is 36.7 Å². The number of benzene rings is 1. The van der Waals surface area contributed by atoms with Crippen LogP contribution in [0.2, 0.25) is 0 Å². The molecule has 1 aromatic carbocycles. The summed E-state index contributed by atoms with van der Waals surface area (Å²) in [5.41, 5.74) is 1.94. The van der Waals surface area contributed by atoms with Crippen molar-refractivity contribution in [3.63, 3.8) is 0 Å². The molecule has 1 N–H and O–H groups in total. The first-order valence-electron chi connectivity index (χ1n) is 4.34. The molecule has 0 aliphatic rings. The first kappa shape index (κ1) is 8.69. The Morgan fingerprint density at radius 3 is 2.14 bits per heavy atom. The second-order valence-corrected chi connectivity index (χ2v) is 3.13. The minimum atomic E-state index is 0.251. The molecule has 0 spiro atoms. The molecule has 2 rings (SSSR count). The van der Waals surface area contributed by atoms with Crippen LogP contribution in [-0.4, -0.2) is 15.1 Å². The van der Waals surface area contributed by atoms with Crippen LogP contribution in [0.1, 0.15) is 5.56 Å². The van der Waals surface area contributed by atoms with Crippen LogP contribution < -0.4 is 0 Å². The zero-order valence-corrected chi connectivity index (χ0v) is 7.81. The van der Waals surface area contributed by atoms with Gasteiger partial charge in [0.2, 0.25) is 0 Å². The van der Waals surface area contributed by atoms with E-state index in [1.807, 2.05) is 6.92 Å². The van der Waals surface area contributed by atoms with Gasteiger partial charge in [0.15, 0.2) is 5.82 Å². The largest absolute Gasteiger partial charge is 0.508 e. The molecule has 0 fully saturated rings. The summed E-state index contributed by atoms with van der Waals surface area (Å²) in [5, 5.41) is 9.11. The number of phenolic OH excluding ortho intramolecular Hbond substituents is 1. The number of hydrogen-bond acceptors (Lipinski definition) is 3. The standard InChI is InChI=1S/C11H10N2O/c1-8-6-12-11(13-7-8)9-2-4-10(14)5-3-9/h2-7,14H,1H3. The van der Waals surface area contributed by atoms with Crippen molar-refractivity contribution in [2.45, 2.75) is 6.92 Å². The highest BCUT2D eigenvalue weighted by molar-refractivity contribution is 5.55. The molecule has 14 heavy (non-hydrogen) atoms. The number of phenols is 1. The Kier molecular flexibility index (Phi) is 2.14. The first-order valence-corrected chi connectivity index (χ1v) is 4.34. The SMILES string of the molecule is Cc1cnc(-c2ccc(O)cc2)nc1. The van der Waals surface area contributed by atoms with Crippen molar-refractivity contribution in [3.05, 3.63) is 42.2 Å². The summed E-state index contributed by atoms with van der Waals surface area (Å²) in [6.07, 6.45) is 3.55. The van der Waals surface area contributed by atoms with Gasteiger partial charge in [0, 0.05) is 18.0 Å². The third-order valence-corrected chi connectivity index (χ3v) is 1.91. The lowest BCUT2D eigenvalue weighted by Gasteiger charge is -1.99. The van der Waals surface area contributed by atoms with E-state index < -0.39 is 0 Å². The Morgan fingerprint density at radius 1 is 1.00 bits per heavy atom. The van der Waals surface area contributed by atoms with E-state index in [0.717, 1.165) is 11.1 Å². The van der Waals surface area contributed by atoms with Gasteiger partial charge < -0.3 is 5.11 Å². The van der Waals surface area contributed by atoms with E-state index >= 15 is 0 Å². The summed E-state index contributed by atoms with van der Waals surface area (Å²) in [7, 11) is 0. The molecular formula is C11H10N2O. The maximum absolute atomic E-state index is 9.11. The van der Waals surface area contributed by atoms with E-state index in [1.54, 1.807) is 36.7 Å². The van der Waals surface area contributed by atoms with Crippen molar-refractivity contribution in [1.29, 1.82) is 0 Å². The van der Waals surface area contributed by atoms with Crippen LogP contribution in [0.4, 0.5) is 0 Å². The van der Waals surface area contributed by atoms with Crippen molar-refractivity contribution < 1.29 is 5.11 Å². The Morgan fingerprint density at radius 2 is 1.57 bits per heavy atom. The molecule has 1 aromatic heterocycles. The quantitative estimate of drug-likeness (QED) is 0.742. The fraction of sp³-hybridized carbons (Fsp3) is 0.0909. The van der Waals surface area contributed by atoms with Crippen molar-refractivity contribution in [1.82, 2.24) is 9.97 Å². The zero-order chi connectivity index (χ0) is 9.97. The van der Waals surface area contributed by atoms with E-state index in [2.05, 4.69) is 9.97 Å². The summed E-state index contributed by atoms with van der Waals surface area (Å²) >= 11 is 0. The highest BCUT2D eigenvalue weighted by Crippen LogP contribution is 2.17. The predicted molar refractivity (Wildman–Crippen MR) is 53.9 cm³/mol. The third-order valence-electron chi connectivity index (χ3n) is 1.91. The highest BCUT2D eigenvalue weighted by Gasteiger charge is 1.99. The fourth-order valence-electron chi connectivity index (χ4n) is 1.15. The molecule has 0 atom stereocenters. The number of aryl methyl sites for hydroxylation is 1. The number of aromatic hydroxyl groups is 1. The molecule has 70 valence electrons. The van der Waals surface area contributed by atoms with Gasteiger partial charge >= 0.3 is 0 Å². The lowest BCUT2D eigenvalue weighted by Crippen LogP contribution is -1.88. The first-order chi connectivity index (χ1) is 6.75. The van der Waals surface area contributed by atoms with Gasteiger partial charge in [-0.3, -0.25) is 0 Å². The van der Waals surface area contributed by atoms with Gasteiger partial charge in [-0.15, -0.1) is 0 Å². The van der Waals surface area contributed by atoms with Gasteiger partial charge in [0.1, 0.15) is 5.75 Å². The van der Waals surface area contributed by atoms with Crippen molar-refractivity contribution in [2.24, 2.45) is 0 Å². The van der Waals surface area contributed by atoms with Crippen LogP contribution in [0.5, 0.6) is 5.75 Å². The Balaban J connectivity index is 2.40. The molecule has 1 heterocycles. The van der Waals surface area contributed by atoms with E-state index in [0.29, 0.717) is 5.82 Å². The van der Waals surface area contributed by atoms with Crippen LogP contribution in [0, 0.1) is 6.92 Å². The average Bonchev–Trinajstić information content (AvgIpc) is 2.21. The lowest BCUT2D eigenvalue weighted by molar-refractivity contribution is 0.475. The minimum absolute atomic E-state index is 0.251. The molecule has 0 unspecified atom stereocenters. The molecule has 0 amide bonds. The maximum atomic E-state index is 9.11. The normalized spacial score (nSPS) is 10.1. The van der Waals surface area contributed by atoms with Crippen molar-refractivity contribution in [3.8, 4) is 17.1 Å². The summed E-state index contributed by atoms with van der Waals surface area (Å²) < 4.78 is 0. The monoisotopic (exact) mass is 186 g/mol. The molecular weight excluding hydrogens is 176 g/mol. The number of hydrogen-bond donors (Lipinski definition) is 1. The van der Waals surface area contributed by atoms with Crippen LogP contribution >= 0.6 is 0 Å². The van der Waals surface area contributed by atoms with Crippen LogP contribution in [-0.2, 0) is 0 Å². The topological polar surface area (TPSA) is 46.0 Å². The minimum Gasteiger partial charge on any atom is -0.508 e. The van der Waals surface area contributed by atoms with Crippen molar-refractivity contribution >= 4 is 0 Å². The Hall–Kier alpha value is -1.90. The van der Waals surface area contributed by atoms with Gasteiger partial charge in [0.25, 0.3) is 0 Å². The summed E-state index contributed by atoms with van der Waals surface area (Å²) in [6, 6.07) is 6.83. The second kappa shape index (κ2) is 3.46. The molecule has 0 saturated heterocycles. The second-order valence-electron chi connectivity index (χ2n) is 3.13. The van der Waals surface area contributed by atoms with Gasteiger partial charge in [0.05, 0.1) is 0 Å². The molecule has 0 radical (unpaired) electrons. The number of aromatic nitrogens is 2. The van der Waals surface area contributed by atoms with Gasteiger partial charge in [-0.05, 0) is 36.8 Å². The zero-order valence-electron chi connectivity index (χ0n) is 7.81. The predicted octanol–water partition coefficient (Wildman–Crippen LogP) is 2.16. The van der Waals surface area contributed by atoms with Crippen LogP contribution in [0.25, 0.3) is 11.4 Å².